The normalized spacial score (nSPS) is 12.7. The van der Waals surface area contributed by atoms with Gasteiger partial charge in [-0.15, -0.1) is 0 Å². The van der Waals surface area contributed by atoms with Crippen molar-refractivity contribution in [2.24, 2.45) is 0 Å². The van der Waals surface area contributed by atoms with Crippen LogP contribution < -0.4 is 4.74 Å². The van der Waals surface area contributed by atoms with Crippen molar-refractivity contribution in [3.05, 3.63) is 28.8 Å². The molecule has 27 heavy (non-hydrogen) atoms. The Balaban J connectivity index is -0.00000000145. The second-order valence-corrected chi connectivity index (χ2v) is 7.92. The lowest BCUT2D eigenvalue weighted by atomic mass is 9.92. The lowest BCUT2D eigenvalue weighted by molar-refractivity contribution is 0.137. The molecule has 0 spiro atoms. The molecule has 0 unspecified atom stereocenters. The lowest BCUT2D eigenvalue weighted by Crippen LogP contribution is -2.39. The Morgan fingerprint density at radius 1 is 1.07 bits per heavy atom. The third kappa shape index (κ3) is 5.71. The van der Waals surface area contributed by atoms with Gasteiger partial charge in [-0.05, 0) is 83.7 Å². The predicted molar refractivity (Wildman–Crippen MR) is 267 cm³/mol. The number of ether oxygens (including phenoxy) is 1. The maximum atomic E-state index is 12.7. The van der Waals surface area contributed by atoms with Crippen molar-refractivity contribution in [3.63, 3.8) is 0 Å². The van der Waals surface area contributed by atoms with Crippen LogP contribution in [0.15, 0.2) is 12.1 Å². The Hall–Kier alpha value is -1.55. The number of benzene rings is 1. The van der Waals surface area contributed by atoms with Crippen LogP contribution in [0.25, 0.3) is 0 Å². The van der Waals surface area contributed by atoms with Gasteiger partial charge in [0.1, 0.15) is 5.75 Å². The fraction of sp³-hybridized carbons (Fsp3) is 0.696. The molecule has 0 fully saturated rings. The first-order chi connectivity index (χ1) is 12.7. The van der Waals surface area contributed by atoms with Crippen LogP contribution in [0.3, 0.4) is 0 Å². The minimum absolute atomic E-state index is 0. The van der Waals surface area contributed by atoms with Crippen molar-refractivity contribution >= 4 is 6.09 Å². The summed E-state index contributed by atoms with van der Waals surface area (Å²) in [5.41, 5.74) is 3.63. The Morgan fingerprint density at radius 2 is 1.70 bits per heavy atom. The first kappa shape index (κ1) is 23.5. The summed E-state index contributed by atoms with van der Waals surface area (Å²) in [5, 5.41) is 0. The molecular formula is C23H184N2O2. The van der Waals surface area contributed by atoms with Gasteiger partial charge >= 0.3 is 6.09 Å². The van der Waals surface area contributed by atoms with Gasteiger partial charge in [-0.25, -0.2) is 4.79 Å². The zero-order chi connectivity index (χ0) is 20.7. The van der Waals surface area contributed by atoms with E-state index in [1.807, 2.05) is 19.9 Å². The Morgan fingerprint density at radius 3 is 2.15 bits per heavy atom. The van der Waals surface area contributed by atoms with Crippen molar-refractivity contribution in [2.75, 3.05) is 13.1 Å². The van der Waals surface area contributed by atoms with Crippen LogP contribution in [-0.4, -0.2) is 41.1 Å². The SMILES string of the molecule is CCCN(C(=O)Oc1ccc(C)c([C@H](CC)N(CC)C(C)C)c1C)C(C)C.[HH].[HH].[HH].[HH].[HH].[HH].[HH].[HH].[HH].[HH].[HH].[HH].[HH].[HH].[HH].[HH].[HH].[HH].[HH].[HH].[HH].[HH].[HH].[HH].[HH].[HH].[HH].[HH].[HH].[HH].[HH].[HH].[HH].[HH].[HH].[HH].[HH].[HH].[HH].[HH].[HH].[HH].[HH].[HH].[HH].[HH].[HH].[HH].[HH].[HH].[HH].[HH].[HH].[HH].[HH].[HH].[HH].[HH].[HH].[HH].[HH].[HH].[HH].[HH].[HH].[HH].[HH].[HH].[HH].[HH].[HH].[HH]. The number of nitrogens with zero attached hydrogens (tertiary/aromatic N) is 2. The minimum Gasteiger partial charge on any atom is -0.410 e. The molecule has 0 saturated heterocycles. The molecule has 0 heterocycles. The molecule has 1 atom stereocenters. The maximum absolute atomic E-state index is 12.7. The monoisotopic (exact) mass is 521 g/mol. The number of carbonyl (C=O) groups excluding carboxylic acids is 1. The van der Waals surface area contributed by atoms with E-state index in [1.54, 1.807) is 4.90 Å². The number of rotatable bonds is 9. The fourth-order valence-electron chi connectivity index (χ4n) is 3.97. The number of amides is 1. The average Bonchev–Trinajstić information content (AvgIpc) is 2.60. The fourth-order valence-corrected chi connectivity index (χ4v) is 3.97. The molecule has 0 aromatic heterocycles. The molecule has 0 radical (unpaired) electrons. The Bertz CT molecular complexity index is 694. The van der Waals surface area contributed by atoms with E-state index in [2.05, 4.69) is 59.4 Å². The van der Waals surface area contributed by atoms with Gasteiger partial charge in [-0.1, -0.05) is 26.8 Å². The molecule has 1 amide bonds. The van der Waals surface area contributed by atoms with Crippen LogP contribution in [0, 0.1) is 13.8 Å². The highest BCUT2D eigenvalue weighted by atomic mass is 16.6. The highest BCUT2D eigenvalue weighted by Crippen LogP contribution is 2.35. The number of hydrogen-bond acceptors (Lipinski definition) is 3. The molecule has 1 aromatic rings. The van der Waals surface area contributed by atoms with Crippen LogP contribution in [-0.2, 0) is 0 Å². The molecule has 0 bridgehead atoms. The van der Waals surface area contributed by atoms with Gasteiger partial charge in [0.25, 0.3) is 0 Å². The molecular weight excluding hydrogens is 336 g/mol. The quantitative estimate of drug-likeness (QED) is 0.324. The largest absolute Gasteiger partial charge is 0.415 e. The van der Waals surface area contributed by atoms with E-state index < -0.39 is 0 Å². The van der Waals surface area contributed by atoms with E-state index in [-0.39, 0.29) is 115 Å². The summed E-state index contributed by atoms with van der Waals surface area (Å²) in [5.74, 6) is 0.681. The van der Waals surface area contributed by atoms with Crippen molar-refractivity contribution in [1.82, 2.24) is 9.80 Å². The van der Waals surface area contributed by atoms with Gasteiger partial charge in [-0.2, -0.15) is 0 Å². The standard InChI is InChI=1S/C23H40N2O2.72H2/c1-10-15-25(17(6)7)23(26)27-21-14-13-18(8)22(19(21)9)20(11-2)24(12-3)16(4)5;;;;;;;;;;;;;;;;;;;;;;;;;;;;;;;;;;;;;;;;;;;;;;;;;;;;;;;;;;;;;;;;;;;;;;;;/h13-14,16-17,20H,10-12,15H2,1-9H3;72*1H/t20-;;;;;;;;;;;;;;;;;;;;;;;;;;;;;;;;;;;;;;;;;;;;;;;;;;;;;;;;;;;;;;;;;;;;;;;;/m0......................................................................../s1. The van der Waals surface area contributed by atoms with E-state index in [1.165, 1.54) is 11.1 Å². The van der Waals surface area contributed by atoms with Crippen LogP contribution in [0.4, 0.5) is 4.79 Å². The summed E-state index contributed by atoms with van der Waals surface area (Å²) in [4.78, 5) is 17.0. The molecule has 0 saturated carbocycles. The second kappa shape index (κ2) is 10.7. The molecule has 0 aliphatic heterocycles. The van der Waals surface area contributed by atoms with Gasteiger partial charge in [-0.3, -0.25) is 4.90 Å². The zero-order valence-electron chi connectivity index (χ0n) is 18.9. The molecule has 1 rings (SSSR count). The summed E-state index contributed by atoms with van der Waals surface area (Å²) in [6, 6.07) is 4.94. The molecule has 0 N–H and O–H groups in total. The predicted octanol–water partition coefficient (Wildman–Crippen LogP) is 23.8. The van der Waals surface area contributed by atoms with E-state index in [0.29, 0.717) is 24.4 Å². The highest BCUT2D eigenvalue weighted by molar-refractivity contribution is 5.71. The van der Waals surface area contributed by atoms with E-state index in [4.69, 9.17) is 4.74 Å². The third-order valence-electron chi connectivity index (χ3n) is 5.35. The third-order valence-corrected chi connectivity index (χ3v) is 5.35. The molecule has 4 nitrogen and oxygen atoms in total. The first-order valence-electron chi connectivity index (χ1n) is 10.5. The van der Waals surface area contributed by atoms with Gasteiger partial charge in [0.15, 0.2) is 0 Å². The summed E-state index contributed by atoms with van der Waals surface area (Å²) in [6.07, 6.45) is 1.69. The second-order valence-electron chi connectivity index (χ2n) is 7.92. The molecule has 4 heteroatoms. The van der Waals surface area contributed by atoms with Crippen LogP contribution in [0.1, 0.15) is 187 Å². The van der Waals surface area contributed by atoms with Crippen molar-refractivity contribution < 1.29 is 112 Å². The average molecular weight is 522 g/mol. The summed E-state index contributed by atoms with van der Waals surface area (Å²) in [7, 11) is 0. The van der Waals surface area contributed by atoms with Gasteiger partial charge in [0.05, 0.1) is 0 Å². The number of carbonyl (C=O) groups is 1. The first-order valence-corrected chi connectivity index (χ1v) is 10.5. The maximum Gasteiger partial charge on any atom is 0.415 e. The number of aryl methyl sites for hydroxylation is 1. The number of hydrogen-bond donors (Lipinski definition) is 0. The minimum atomic E-state index is -0.256. The summed E-state index contributed by atoms with van der Waals surface area (Å²) in [6.45, 7) is 21.0. The Kier molecular flexibility index (Phi) is 9.31. The van der Waals surface area contributed by atoms with Crippen LogP contribution >= 0.6 is 0 Å². The molecule has 1 aromatic carbocycles. The van der Waals surface area contributed by atoms with E-state index in [9.17, 15) is 4.79 Å². The summed E-state index contributed by atoms with van der Waals surface area (Å²) >= 11 is 0. The van der Waals surface area contributed by atoms with Crippen molar-refractivity contribution in [2.45, 2.75) is 93.3 Å². The van der Waals surface area contributed by atoms with E-state index >= 15 is 0 Å². The van der Waals surface area contributed by atoms with Gasteiger partial charge in [0.2, 0.25) is 0 Å². The molecule has 298 valence electrons. The van der Waals surface area contributed by atoms with Gasteiger partial charge in [0, 0.05) is 127 Å². The molecule has 0 aliphatic carbocycles. The lowest BCUT2D eigenvalue weighted by Gasteiger charge is -2.36. The smallest absolute Gasteiger partial charge is 0.410 e. The van der Waals surface area contributed by atoms with Crippen molar-refractivity contribution in [1.29, 1.82) is 0 Å². The summed E-state index contributed by atoms with van der Waals surface area (Å²) < 4.78 is 5.85. The van der Waals surface area contributed by atoms with Gasteiger partial charge < -0.3 is 9.64 Å². The molecule has 0 aliphatic rings. The topological polar surface area (TPSA) is 32.8 Å². The van der Waals surface area contributed by atoms with E-state index in [0.717, 1.165) is 24.9 Å². The Labute approximate surface area is 273 Å². The van der Waals surface area contributed by atoms with Crippen LogP contribution in [0.5, 0.6) is 5.75 Å². The highest BCUT2D eigenvalue weighted by Gasteiger charge is 2.26. The zero-order valence-corrected chi connectivity index (χ0v) is 18.9. The van der Waals surface area contributed by atoms with Crippen LogP contribution in [0.2, 0.25) is 0 Å². The van der Waals surface area contributed by atoms with Crippen molar-refractivity contribution in [3.8, 4) is 5.75 Å².